The first-order chi connectivity index (χ1) is 16.9. The van der Waals surface area contributed by atoms with Crippen LogP contribution in [0, 0.1) is 0 Å². The van der Waals surface area contributed by atoms with E-state index in [0.29, 0.717) is 34.1 Å². The number of hydrogen-bond acceptors (Lipinski definition) is 7. The summed E-state index contributed by atoms with van der Waals surface area (Å²) in [6, 6.07) is 13.2. The van der Waals surface area contributed by atoms with E-state index in [4.69, 9.17) is 18.6 Å². The second-order valence-electron chi connectivity index (χ2n) is 7.63. The van der Waals surface area contributed by atoms with Crippen molar-refractivity contribution in [2.45, 2.75) is 13.8 Å². The zero-order valence-electron chi connectivity index (χ0n) is 19.8. The molecule has 4 rings (SSSR count). The number of nitrogens with one attached hydrogen (secondary N) is 1. The van der Waals surface area contributed by atoms with E-state index in [0.717, 1.165) is 27.8 Å². The first-order valence-corrected chi connectivity index (χ1v) is 11.8. The molecule has 0 saturated carbocycles. The Kier molecular flexibility index (Phi) is 7.22. The third kappa shape index (κ3) is 5.07. The van der Waals surface area contributed by atoms with Crippen LogP contribution in [0.5, 0.6) is 11.5 Å². The molecule has 2 heterocycles. The summed E-state index contributed by atoms with van der Waals surface area (Å²) in [7, 11) is 2.93. The van der Waals surface area contributed by atoms with E-state index in [2.05, 4.69) is 5.32 Å². The van der Waals surface area contributed by atoms with Crippen molar-refractivity contribution >= 4 is 45.4 Å². The lowest BCUT2D eigenvalue weighted by Crippen LogP contribution is -2.11. The molecule has 0 bridgehead atoms. The minimum atomic E-state index is -0.495. The Balaban J connectivity index is 1.71. The van der Waals surface area contributed by atoms with Crippen LogP contribution in [0.2, 0.25) is 0 Å². The summed E-state index contributed by atoms with van der Waals surface area (Å²) in [5, 5.41) is 5.37. The molecule has 1 N–H and O–H groups in total. The van der Waals surface area contributed by atoms with Gasteiger partial charge in [0.15, 0.2) is 0 Å². The Hall–Kier alpha value is -4.04. The molecule has 0 aliphatic heterocycles. The van der Waals surface area contributed by atoms with E-state index in [1.165, 1.54) is 24.5 Å². The number of carbonyl (C=O) groups excluding carboxylic acids is 2. The monoisotopic (exact) mass is 491 g/mol. The summed E-state index contributed by atoms with van der Waals surface area (Å²) < 4.78 is 21.8. The Bertz CT molecular complexity index is 1410. The fourth-order valence-corrected chi connectivity index (χ4v) is 4.52. The van der Waals surface area contributed by atoms with Crippen molar-refractivity contribution in [1.29, 1.82) is 0 Å². The SMILES string of the molecule is CCOc1cc2occ(-c3cccc(OC)c3)c2cc1/C(C)=C/C(=O)Nc1ccsc1C(=O)OC. The van der Waals surface area contributed by atoms with Crippen molar-refractivity contribution < 1.29 is 28.2 Å². The minimum absolute atomic E-state index is 0.338. The highest BCUT2D eigenvalue weighted by molar-refractivity contribution is 7.12. The van der Waals surface area contributed by atoms with Crippen LogP contribution in [-0.4, -0.2) is 32.7 Å². The molecule has 1 amide bonds. The van der Waals surface area contributed by atoms with Gasteiger partial charge in [0.05, 0.1) is 32.8 Å². The highest BCUT2D eigenvalue weighted by Crippen LogP contribution is 2.38. The molecule has 0 spiro atoms. The van der Waals surface area contributed by atoms with Crippen molar-refractivity contribution in [3.8, 4) is 22.6 Å². The summed E-state index contributed by atoms with van der Waals surface area (Å²) in [6.07, 6.45) is 3.18. The highest BCUT2D eigenvalue weighted by Gasteiger charge is 2.17. The van der Waals surface area contributed by atoms with Crippen molar-refractivity contribution in [2.24, 2.45) is 0 Å². The zero-order chi connectivity index (χ0) is 24.9. The van der Waals surface area contributed by atoms with Gasteiger partial charge in [-0.3, -0.25) is 4.79 Å². The summed E-state index contributed by atoms with van der Waals surface area (Å²) in [5.74, 6) is 0.494. The lowest BCUT2D eigenvalue weighted by molar-refractivity contribution is -0.111. The molecule has 4 aromatic rings. The number of hydrogen-bond donors (Lipinski definition) is 1. The van der Waals surface area contributed by atoms with Crippen LogP contribution < -0.4 is 14.8 Å². The third-order valence-corrected chi connectivity index (χ3v) is 6.32. The number of methoxy groups -OCH3 is 2. The Morgan fingerprint density at radius 2 is 1.97 bits per heavy atom. The van der Waals surface area contributed by atoms with Gasteiger partial charge in [-0.1, -0.05) is 12.1 Å². The normalized spacial score (nSPS) is 11.4. The second-order valence-corrected chi connectivity index (χ2v) is 8.55. The molecule has 0 unspecified atom stereocenters. The fraction of sp³-hybridized carbons (Fsp3) is 0.185. The number of allylic oxidation sites excluding steroid dienone is 1. The number of ether oxygens (including phenoxy) is 3. The van der Waals surface area contributed by atoms with Crippen molar-refractivity contribution in [1.82, 2.24) is 0 Å². The maximum atomic E-state index is 12.8. The number of esters is 1. The van der Waals surface area contributed by atoms with E-state index in [-0.39, 0.29) is 5.91 Å². The van der Waals surface area contributed by atoms with Crippen LogP contribution in [0.4, 0.5) is 5.69 Å². The van der Waals surface area contributed by atoms with Crippen LogP contribution >= 0.6 is 11.3 Å². The first-order valence-electron chi connectivity index (χ1n) is 10.9. The smallest absolute Gasteiger partial charge is 0.350 e. The molecule has 7 nitrogen and oxygen atoms in total. The molecule has 0 aliphatic rings. The van der Waals surface area contributed by atoms with Gasteiger partial charge in [-0.15, -0.1) is 11.3 Å². The van der Waals surface area contributed by atoms with E-state index in [9.17, 15) is 9.59 Å². The van der Waals surface area contributed by atoms with Gasteiger partial charge in [-0.05, 0) is 54.6 Å². The van der Waals surface area contributed by atoms with E-state index >= 15 is 0 Å². The number of benzene rings is 2. The Morgan fingerprint density at radius 3 is 2.71 bits per heavy atom. The Labute approximate surface area is 206 Å². The van der Waals surface area contributed by atoms with Gasteiger partial charge in [0, 0.05) is 28.7 Å². The molecule has 0 fully saturated rings. The lowest BCUT2D eigenvalue weighted by Gasteiger charge is -2.12. The molecule has 0 atom stereocenters. The fourth-order valence-electron chi connectivity index (χ4n) is 3.75. The number of thiophene rings is 1. The maximum absolute atomic E-state index is 12.8. The van der Waals surface area contributed by atoms with E-state index < -0.39 is 5.97 Å². The molecule has 0 aliphatic carbocycles. The summed E-state index contributed by atoms with van der Waals surface area (Å²) in [5.41, 5.74) is 4.39. The van der Waals surface area contributed by atoms with Gasteiger partial charge in [0.2, 0.25) is 5.91 Å². The maximum Gasteiger partial charge on any atom is 0.350 e. The first kappa shape index (κ1) is 24.1. The summed E-state index contributed by atoms with van der Waals surface area (Å²) in [4.78, 5) is 25.0. The molecule has 35 heavy (non-hydrogen) atoms. The van der Waals surface area contributed by atoms with Gasteiger partial charge in [0.25, 0.3) is 0 Å². The quantitative estimate of drug-likeness (QED) is 0.227. The molecular formula is C27H25NO6S. The minimum Gasteiger partial charge on any atom is -0.497 e. The number of furan rings is 1. The van der Waals surface area contributed by atoms with Crippen LogP contribution in [0.25, 0.3) is 27.7 Å². The van der Waals surface area contributed by atoms with Gasteiger partial charge in [-0.25, -0.2) is 4.79 Å². The highest BCUT2D eigenvalue weighted by atomic mass is 32.1. The predicted molar refractivity (Wildman–Crippen MR) is 137 cm³/mol. The van der Waals surface area contributed by atoms with Gasteiger partial charge < -0.3 is 23.9 Å². The molecular weight excluding hydrogens is 466 g/mol. The van der Waals surface area contributed by atoms with Crippen molar-refractivity contribution in [2.75, 3.05) is 26.1 Å². The van der Waals surface area contributed by atoms with E-state index in [1.54, 1.807) is 24.8 Å². The molecule has 2 aromatic carbocycles. The predicted octanol–water partition coefficient (Wildman–Crippen LogP) is 6.40. The van der Waals surface area contributed by atoms with Gasteiger partial charge >= 0.3 is 5.97 Å². The van der Waals surface area contributed by atoms with Crippen LogP contribution in [0.3, 0.4) is 0 Å². The third-order valence-electron chi connectivity index (χ3n) is 5.42. The molecule has 0 radical (unpaired) electrons. The average Bonchev–Trinajstić information content (AvgIpc) is 3.49. The second kappa shape index (κ2) is 10.5. The van der Waals surface area contributed by atoms with Crippen LogP contribution in [0.1, 0.15) is 29.1 Å². The van der Waals surface area contributed by atoms with Gasteiger partial charge in [0.1, 0.15) is 22.0 Å². The molecule has 2 aromatic heterocycles. The number of anilines is 1. The topological polar surface area (TPSA) is 87.0 Å². The lowest BCUT2D eigenvalue weighted by atomic mass is 9.99. The number of carbonyl (C=O) groups is 2. The van der Waals surface area contributed by atoms with Crippen LogP contribution in [-0.2, 0) is 9.53 Å². The van der Waals surface area contributed by atoms with E-state index in [1.807, 2.05) is 50.2 Å². The zero-order valence-corrected chi connectivity index (χ0v) is 20.7. The summed E-state index contributed by atoms with van der Waals surface area (Å²) >= 11 is 1.20. The molecule has 8 heteroatoms. The van der Waals surface area contributed by atoms with Gasteiger partial charge in [-0.2, -0.15) is 0 Å². The number of amides is 1. The standard InChI is InChI=1S/C27H25NO6S/c1-5-33-23-14-24-20(21(15-34-24)17-7-6-8-18(12-17)31-3)13-19(23)16(2)11-25(29)28-22-9-10-35-26(22)27(30)32-4/h6-15H,5H2,1-4H3,(H,28,29)/b16-11+. The number of rotatable bonds is 8. The van der Waals surface area contributed by atoms with Crippen molar-refractivity contribution in [3.63, 3.8) is 0 Å². The average molecular weight is 492 g/mol. The molecule has 180 valence electrons. The van der Waals surface area contributed by atoms with Crippen molar-refractivity contribution in [3.05, 3.63) is 70.6 Å². The number of fused-ring (bicyclic) bond motifs is 1. The summed E-state index contributed by atoms with van der Waals surface area (Å²) in [6.45, 7) is 4.19. The largest absolute Gasteiger partial charge is 0.497 e. The van der Waals surface area contributed by atoms with Crippen LogP contribution in [0.15, 0.2) is 64.6 Å². The Morgan fingerprint density at radius 1 is 1.14 bits per heavy atom. The molecule has 0 saturated heterocycles.